The average molecular weight is 724 g/mol. The topological polar surface area (TPSA) is 169 Å². The fourth-order valence-electron chi connectivity index (χ4n) is 6.53. The molecule has 8 bridgehead atoms. The Morgan fingerprint density at radius 2 is 1.60 bits per heavy atom. The fraction of sp³-hybridized carbons (Fsp3) is 0.324. The van der Waals surface area contributed by atoms with E-state index in [1.807, 2.05) is 45.9 Å². The molecule has 10 nitrogen and oxygen atoms in total. The molecule has 5 rings (SSSR count). The van der Waals surface area contributed by atoms with Crippen molar-refractivity contribution in [2.75, 3.05) is 0 Å². The van der Waals surface area contributed by atoms with Gasteiger partial charge in [0.25, 0.3) is 0 Å². The molecule has 0 saturated heterocycles. The van der Waals surface area contributed by atoms with E-state index in [4.69, 9.17) is 9.97 Å². The van der Waals surface area contributed by atoms with Crippen molar-refractivity contribution in [2.24, 2.45) is 0 Å². The van der Waals surface area contributed by atoms with E-state index in [0.717, 1.165) is 45.4 Å². The van der Waals surface area contributed by atoms with Crippen LogP contribution in [0.1, 0.15) is 104 Å². The Morgan fingerprint density at radius 1 is 0.936 bits per heavy atom. The minimum absolute atomic E-state index is 0. The molecule has 0 amide bonds. The van der Waals surface area contributed by atoms with Crippen LogP contribution < -0.4 is 80.9 Å². The van der Waals surface area contributed by atoms with Crippen molar-refractivity contribution in [2.45, 2.75) is 72.1 Å². The van der Waals surface area contributed by atoms with Gasteiger partial charge in [-0.2, -0.15) is 0 Å². The summed E-state index contributed by atoms with van der Waals surface area (Å²) in [6.45, 7) is 13.7. The fourth-order valence-corrected chi connectivity index (χ4v) is 6.53. The average Bonchev–Trinajstić information content (AvgIpc) is 3.63. The molecule has 5 heterocycles. The third-order valence-electron chi connectivity index (χ3n) is 8.95. The second-order valence-electron chi connectivity index (χ2n) is 11.5. The Labute approximate surface area is 351 Å². The zero-order valence-electron chi connectivity index (χ0n) is 29.8. The Bertz CT molecular complexity index is 1980. The van der Waals surface area contributed by atoms with E-state index >= 15 is 0 Å². The van der Waals surface area contributed by atoms with Crippen LogP contribution in [-0.2, 0) is 39.5 Å². The molecule has 47 heavy (non-hydrogen) atoms. The molecular weight excluding hydrogens is 686 g/mol. The monoisotopic (exact) mass is 723 g/mol. The molecule has 0 fully saturated rings. The summed E-state index contributed by atoms with van der Waals surface area (Å²) in [5.74, 6) is -4.08. The van der Waals surface area contributed by atoms with Gasteiger partial charge in [0.2, 0.25) is 0 Å². The summed E-state index contributed by atoms with van der Waals surface area (Å²) >= 11 is 0. The molecule has 1 radical (unpaired) electrons. The van der Waals surface area contributed by atoms with E-state index in [1.54, 1.807) is 13.0 Å². The zero-order chi connectivity index (χ0) is 32.0. The first-order valence-corrected chi connectivity index (χ1v) is 14.6. The Balaban J connectivity index is 0.00000461. The van der Waals surface area contributed by atoms with Gasteiger partial charge in [0.1, 0.15) is 0 Å². The first-order chi connectivity index (χ1) is 20.9. The van der Waals surface area contributed by atoms with Gasteiger partial charge in [0.15, 0.2) is 0 Å². The maximum Gasteiger partial charge on any atom is 1.00 e. The van der Waals surface area contributed by atoms with Crippen molar-refractivity contribution < 1.29 is 131 Å². The minimum atomic E-state index is -1.20. The Morgan fingerprint density at radius 3 is 2.17 bits per heavy atom. The Hall–Kier alpha value is -1.83. The normalized spacial score (nSPS) is 15.3. The van der Waals surface area contributed by atoms with Crippen LogP contribution in [-0.4, -0.2) is 53.2 Å². The number of carbonyl (C=O) groups is 3. The van der Waals surface area contributed by atoms with Crippen LogP contribution in [0.25, 0.3) is 33.2 Å². The van der Waals surface area contributed by atoms with E-state index in [1.165, 1.54) is 0 Å². The predicted octanol–water partition coefficient (Wildman–Crippen LogP) is 0.919. The number of aromatic amines is 2. The van der Waals surface area contributed by atoms with Crippen LogP contribution in [0.4, 0.5) is 0 Å². The molecule has 2 atom stereocenters. The third kappa shape index (κ3) is 7.99. The number of aliphatic carboxylic acids is 2. The van der Waals surface area contributed by atoms with Gasteiger partial charge < -0.3 is 28.1 Å². The number of aromatic carboxylic acids is 1. The maximum atomic E-state index is 12.7. The number of carboxylic acid groups (broad SMARTS) is 3. The van der Waals surface area contributed by atoms with Gasteiger partial charge in [0, 0.05) is 68.7 Å². The Kier molecular flexibility index (Phi) is 14.7. The number of allylic oxidation sites excluding steroid dienone is 3. The van der Waals surface area contributed by atoms with Crippen molar-refractivity contribution in [1.82, 2.24) is 19.9 Å². The number of H-pyrrole nitrogens is 2. The molecule has 0 unspecified atom stereocenters. The van der Waals surface area contributed by atoms with Crippen molar-refractivity contribution in [3.05, 3.63) is 81.4 Å². The van der Waals surface area contributed by atoms with E-state index < -0.39 is 30.2 Å². The molecule has 3 aromatic rings. The van der Waals surface area contributed by atoms with Crippen LogP contribution in [0.2, 0.25) is 0 Å². The van der Waals surface area contributed by atoms with E-state index in [2.05, 4.69) is 16.5 Å². The summed E-state index contributed by atoms with van der Waals surface area (Å²) in [5, 5.41) is 29.9. The number of fused-ring (bicyclic) bond motifs is 8. The number of nitrogens with one attached hydrogen (secondary N) is 2. The van der Waals surface area contributed by atoms with Gasteiger partial charge in [-0.1, -0.05) is 26.5 Å². The third-order valence-corrected chi connectivity index (χ3v) is 8.95. The summed E-state index contributed by atoms with van der Waals surface area (Å²) in [6, 6.07) is 5.70. The van der Waals surface area contributed by atoms with Gasteiger partial charge in [-0.3, -0.25) is 14.6 Å². The molecule has 0 aromatic carbocycles. The quantitative estimate of drug-likeness (QED) is 0.214. The largest absolute Gasteiger partial charge is 1.00 e. The molecule has 13 heteroatoms. The first-order valence-electron chi connectivity index (χ1n) is 14.6. The minimum Gasteiger partial charge on any atom is -1.00 e. The SMILES string of the molecule is C=CC1=C(C)c2cc3nc(c(CC(=O)O)c4[nH]c(cc5[nH]c(cc1n2)c(C)c5CC)c(C)c4C(=O)O)[C@@H](CCC(=O)O)[C@@H]3C.[Cu].[H-].[H-].[K+].[Na+]. The van der Waals surface area contributed by atoms with Crippen molar-refractivity contribution in [3.8, 4) is 0 Å². The summed E-state index contributed by atoms with van der Waals surface area (Å²) in [7, 11) is 0. The molecule has 243 valence electrons. The van der Waals surface area contributed by atoms with Crippen LogP contribution in [0, 0.1) is 13.8 Å². The smallest absolute Gasteiger partial charge is 1.00 e. The molecule has 0 spiro atoms. The summed E-state index contributed by atoms with van der Waals surface area (Å²) in [6.07, 6.45) is 2.04. The summed E-state index contributed by atoms with van der Waals surface area (Å²) in [4.78, 5) is 53.2. The second kappa shape index (κ2) is 16.7. The summed E-state index contributed by atoms with van der Waals surface area (Å²) < 4.78 is 0. The van der Waals surface area contributed by atoms with Crippen LogP contribution >= 0.6 is 0 Å². The standard InChI is InChI=1S/C34H36N4O6.Cu.K.Na.2H/c1-7-19-15(3)23-12-25-17(5)21(9-10-29(39)40)32(37-25)22(11-30(41)42)33-31(34(43)44)18(6)26(38-33)14-28-20(8-2)16(4)24(36-28)13-27(19)35-23;;;;;/h7,12-14,17,21,36,38H,1,8-11H2,2-6H3,(H,39,40)(H,41,42)(H,43,44);;;;;/q;;2*+1;2*-1/t17-,21-;;;;;/m0...../s1. The molecule has 0 saturated carbocycles. The van der Waals surface area contributed by atoms with E-state index in [9.17, 15) is 29.7 Å². The number of aromatic nitrogens is 4. The number of carboxylic acids is 3. The molecule has 2 aliphatic rings. The number of nitrogens with zero attached hydrogens (tertiary/aromatic N) is 2. The molecule has 0 aliphatic carbocycles. The van der Waals surface area contributed by atoms with Gasteiger partial charge >= 0.3 is 98.8 Å². The first kappa shape index (κ1) is 41.3. The van der Waals surface area contributed by atoms with Crippen molar-refractivity contribution in [3.63, 3.8) is 0 Å². The molecule has 3 aromatic heterocycles. The van der Waals surface area contributed by atoms with Crippen LogP contribution in [0.3, 0.4) is 0 Å². The van der Waals surface area contributed by atoms with Crippen molar-refractivity contribution in [1.29, 1.82) is 0 Å². The van der Waals surface area contributed by atoms with Crippen LogP contribution in [0.15, 0.2) is 30.9 Å². The van der Waals surface area contributed by atoms with Gasteiger partial charge in [-0.05, 0) is 74.1 Å². The number of hydrogen-bond acceptors (Lipinski definition) is 5. The summed E-state index contributed by atoms with van der Waals surface area (Å²) in [5.41, 5.74) is 9.27. The second-order valence-corrected chi connectivity index (χ2v) is 11.5. The number of hydrogen-bond donors (Lipinski definition) is 5. The zero-order valence-corrected chi connectivity index (χ0v) is 33.8. The van der Waals surface area contributed by atoms with Gasteiger partial charge in [-0.15, -0.1) is 0 Å². The van der Waals surface area contributed by atoms with Gasteiger partial charge in [0.05, 0.1) is 34.6 Å². The molecule has 2 aliphatic heterocycles. The molecule has 5 N–H and O–H groups in total. The number of rotatable bonds is 8. The molecular formula is C34H38CuKN4NaO6. The predicted molar refractivity (Wildman–Crippen MR) is 171 cm³/mol. The van der Waals surface area contributed by atoms with E-state index in [0.29, 0.717) is 28.2 Å². The van der Waals surface area contributed by atoms with E-state index in [-0.39, 0.29) is 136 Å². The van der Waals surface area contributed by atoms with Gasteiger partial charge in [-0.25, -0.2) is 9.78 Å². The number of aryl methyl sites for hydroxylation is 3. The van der Waals surface area contributed by atoms with Crippen molar-refractivity contribution >= 4 is 51.1 Å². The van der Waals surface area contributed by atoms with Crippen LogP contribution in [0.5, 0.6) is 0 Å². The maximum absolute atomic E-state index is 12.7.